The number of sulfone groups is 1. The van der Waals surface area contributed by atoms with Gasteiger partial charge < -0.3 is 4.90 Å². The number of carbonyl (C=O) groups excluding carboxylic acids is 1. The van der Waals surface area contributed by atoms with Crippen LogP contribution in [0, 0.1) is 10.1 Å². The topological polar surface area (TPSA) is 104 Å². The summed E-state index contributed by atoms with van der Waals surface area (Å²) >= 11 is 0. The first-order chi connectivity index (χ1) is 12.7. The molecule has 2 aliphatic heterocycles. The van der Waals surface area contributed by atoms with Crippen LogP contribution in [0.15, 0.2) is 18.2 Å². The zero-order chi connectivity index (χ0) is 19.8. The number of hydrogen-bond donors (Lipinski definition) is 0. The standard InChI is InChI=1S/C17H24N4O5S/c1-18(2)20(14-7-10-27(25,26)12-14)17(22)13-5-6-15(16(11-13)21(23)24)19-8-3-4-9-19/h5-6,11,14H,3-4,7-10,12H2,1-2H3/t14-/m1/s1. The fourth-order valence-electron chi connectivity index (χ4n) is 3.80. The molecular formula is C17H24N4O5S. The molecular weight excluding hydrogens is 372 g/mol. The van der Waals surface area contributed by atoms with E-state index in [9.17, 15) is 23.3 Å². The molecule has 0 bridgehead atoms. The third-order valence-corrected chi connectivity index (χ3v) is 6.81. The van der Waals surface area contributed by atoms with Crippen LogP contribution in [0.25, 0.3) is 0 Å². The Morgan fingerprint density at radius 2 is 1.93 bits per heavy atom. The van der Waals surface area contributed by atoms with Crippen molar-refractivity contribution in [3.63, 3.8) is 0 Å². The van der Waals surface area contributed by atoms with Gasteiger partial charge in [-0.1, -0.05) is 0 Å². The first-order valence-corrected chi connectivity index (χ1v) is 10.8. The highest BCUT2D eigenvalue weighted by Crippen LogP contribution is 2.32. The van der Waals surface area contributed by atoms with Crippen molar-refractivity contribution in [2.75, 3.05) is 43.6 Å². The van der Waals surface area contributed by atoms with Gasteiger partial charge in [-0.15, -0.1) is 0 Å². The Morgan fingerprint density at radius 3 is 2.44 bits per heavy atom. The number of nitrogens with zero attached hydrogens (tertiary/aromatic N) is 4. The molecule has 2 heterocycles. The summed E-state index contributed by atoms with van der Waals surface area (Å²) in [5.74, 6) is -0.480. The normalized spacial score (nSPS) is 21.6. The summed E-state index contributed by atoms with van der Waals surface area (Å²) in [6.45, 7) is 1.52. The van der Waals surface area contributed by atoms with Crippen molar-refractivity contribution < 1.29 is 18.1 Å². The molecule has 148 valence electrons. The number of rotatable bonds is 5. The lowest BCUT2D eigenvalue weighted by Crippen LogP contribution is -2.49. The SMILES string of the molecule is CN(C)N(C(=O)c1ccc(N2CCCC2)c([N+](=O)[O-])c1)[C@@H]1CCS(=O)(=O)C1. The molecule has 27 heavy (non-hydrogen) atoms. The molecule has 1 atom stereocenters. The molecule has 2 saturated heterocycles. The lowest BCUT2D eigenvalue weighted by Gasteiger charge is -2.33. The predicted molar refractivity (Wildman–Crippen MR) is 101 cm³/mol. The second-order valence-corrected chi connectivity index (χ2v) is 9.44. The van der Waals surface area contributed by atoms with E-state index in [2.05, 4.69) is 0 Å². The van der Waals surface area contributed by atoms with Crippen molar-refractivity contribution in [3.05, 3.63) is 33.9 Å². The molecule has 10 heteroatoms. The van der Waals surface area contributed by atoms with Crippen LogP contribution in [-0.4, -0.2) is 74.0 Å². The van der Waals surface area contributed by atoms with Crippen molar-refractivity contribution in [1.29, 1.82) is 0 Å². The van der Waals surface area contributed by atoms with Gasteiger partial charge in [-0.2, -0.15) is 0 Å². The molecule has 2 fully saturated rings. The summed E-state index contributed by atoms with van der Waals surface area (Å²) < 4.78 is 23.6. The highest BCUT2D eigenvalue weighted by atomic mass is 32.2. The molecule has 1 aromatic rings. The summed E-state index contributed by atoms with van der Waals surface area (Å²) in [7, 11) is 0.161. The maximum Gasteiger partial charge on any atom is 0.293 e. The van der Waals surface area contributed by atoms with Gasteiger partial charge in [0.25, 0.3) is 11.6 Å². The van der Waals surface area contributed by atoms with E-state index >= 15 is 0 Å². The zero-order valence-corrected chi connectivity index (χ0v) is 16.3. The maximum absolute atomic E-state index is 13.0. The molecule has 0 radical (unpaired) electrons. The summed E-state index contributed by atoms with van der Waals surface area (Å²) in [6, 6.07) is 4.05. The van der Waals surface area contributed by atoms with Crippen LogP contribution in [0.4, 0.5) is 11.4 Å². The van der Waals surface area contributed by atoms with Crippen LogP contribution in [0.5, 0.6) is 0 Å². The van der Waals surface area contributed by atoms with Crippen LogP contribution in [0.2, 0.25) is 0 Å². The number of anilines is 1. The second kappa shape index (κ2) is 7.43. The number of hydrazine groups is 1. The fourth-order valence-corrected chi connectivity index (χ4v) is 5.49. The minimum absolute atomic E-state index is 0.0450. The Bertz CT molecular complexity index is 849. The van der Waals surface area contributed by atoms with Crippen LogP contribution in [-0.2, 0) is 9.84 Å². The average Bonchev–Trinajstić information content (AvgIpc) is 3.23. The average molecular weight is 396 g/mol. The van der Waals surface area contributed by atoms with E-state index in [1.54, 1.807) is 31.2 Å². The van der Waals surface area contributed by atoms with Gasteiger partial charge in [-0.25, -0.2) is 13.4 Å². The Hall–Kier alpha value is -2.20. The first kappa shape index (κ1) is 19.6. The van der Waals surface area contributed by atoms with Crippen LogP contribution in [0.1, 0.15) is 29.6 Å². The Kier molecular flexibility index (Phi) is 5.38. The third kappa shape index (κ3) is 4.06. The minimum Gasteiger partial charge on any atom is -0.366 e. The Morgan fingerprint density at radius 1 is 1.26 bits per heavy atom. The number of nitro benzene ring substituents is 1. The van der Waals surface area contributed by atoms with E-state index in [-0.39, 0.29) is 22.8 Å². The minimum atomic E-state index is -3.16. The van der Waals surface area contributed by atoms with Gasteiger partial charge >= 0.3 is 0 Å². The lowest BCUT2D eigenvalue weighted by atomic mass is 10.1. The Balaban J connectivity index is 1.92. The molecule has 0 aromatic heterocycles. The van der Waals surface area contributed by atoms with Crippen LogP contribution < -0.4 is 4.90 Å². The molecule has 2 aliphatic rings. The summed E-state index contributed by atoms with van der Waals surface area (Å²) in [4.78, 5) is 26.1. The van der Waals surface area contributed by atoms with Gasteiger partial charge in [0.15, 0.2) is 9.84 Å². The monoisotopic (exact) mass is 396 g/mol. The predicted octanol–water partition coefficient (Wildman–Crippen LogP) is 1.30. The van der Waals surface area contributed by atoms with Crippen molar-refractivity contribution in [3.8, 4) is 0 Å². The number of amides is 1. The smallest absolute Gasteiger partial charge is 0.293 e. The van der Waals surface area contributed by atoms with Crippen molar-refractivity contribution >= 4 is 27.1 Å². The highest BCUT2D eigenvalue weighted by molar-refractivity contribution is 7.91. The maximum atomic E-state index is 13.0. The number of benzene rings is 1. The molecule has 1 aromatic carbocycles. The van der Waals surface area contributed by atoms with Gasteiger partial charge in [-0.3, -0.25) is 19.9 Å². The van der Waals surface area contributed by atoms with Gasteiger partial charge in [0.05, 0.1) is 22.5 Å². The molecule has 0 unspecified atom stereocenters. The zero-order valence-electron chi connectivity index (χ0n) is 15.5. The quantitative estimate of drug-likeness (QED) is 0.546. The number of hydrogen-bond acceptors (Lipinski definition) is 7. The second-order valence-electron chi connectivity index (χ2n) is 7.21. The van der Waals surface area contributed by atoms with Gasteiger partial charge in [0.1, 0.15) is 5.69 Å². The summed E-state index contributed by atoms with van der Waals surface area (Å²) in [5, 5.41) is 14.5. The summed E-state index contributed by atoms with van der Waals surface area (Å²) in [5.41, 5.74) is 0.608. The van der Waals surface area contributed by atoms with Gasteiger partial charge in [-0.05, 0) is 31.4 Å². The van der Waals surface area contributed by atoms with Crippen molar-refractivity contribution in [2.24, 2.45) is 0 Å². The third-order valence-electron chi connectivity index (χ3n) is 5.06. The number of nitro groups is 1. The van der Waals surface area contributed by atoms with E-state index in [0.717, 1.165) is 25.9 Å². The first-order valence-electron chi connectivity index (χ1n) is 8.94. The van der Waals surface area contributed by atoms with E-state index < -0.39 is 26.7 Å². The Labute approximate surface area is 158 Å². The molecule has 1 amide bonds. The summed E-state index contributed by atoms with van der Waals surface area (Å²) in [6.07, 6.45) is 2.34. The molecule has 0 spiro atoms. The van der Waals surface area contributed by atoms with Crippen molar-refractivity contribution in [2.45, 2.75) is 25.3 Å². The van der Waals surface area contributed by atoms with E-state index in [1.165, 1.54) is 11.1 Å². The lowest BCUT2D eigenvalue weighted by molar-refractivity contribution is -0.384. The molecule has 0 N–H and O–H groups in total. The van der Waals surface area contributed by atoms with E-state index in [1.807, 2.05) is 4.90 Å². The molecule has 9 nitrogen and oxygen atoms in total. The highest BCUT2D eigenvalue weighted by Gasteiger charge is 2.37. The van der Waals surface area contributed by atoms with Gasteiger partial charge in [0.2, 0.25) is 0 Å². The van der Waals surface area contributed by atoms with Crippen LogP contribution >= 0.6 is 0 Å². The molecule has 0 saturated carbocycles. The fraction of sp³-hybridized carbons (Fsp3) is 0.588. The van der Waals surface area contributed by atoms with Crippen molar-refractivity contribution in [1.82, 2.24) is 10.0 Å². The van der Waals surface area contributed by atoms with E-state index in [4.69, 9.17) is 0 Å². The largest absolute Gasteiger partial charge is 0.366 e. The van der Waals surface area contributed by atoms with Gasteiger partial charge in [0, 0.05) is 38.8 Å². The van der Waals surface area contributed by atoms with Crippen LogP contribution in [0.3, 0.4) is 0 Å². The van der Waals surface area contributed by atoms with E-state index in [0.29, 0.717) is 12.1 Å². The molecule has 0 aliphatic carbocycles. The molecule has 3 rings (SSSR count). The number of carbonyl (C=O) groups is 1.